The van der Waals surface area contributed by atoms with Crippen LogP contribution in [0.5, 0.6) is 11.5 Å². The lowest BCUT2D eigenvalue weighted by Crippen LogP contribution is -2.41. The first kappa shape index (κ1) is 27.1. The number of ether oxygens (including phenoxy) is 2. The highest BCUT2D eigenvalue weighted by molar-refractivity contribution is 7.92. The quantitative estimate of drug-likeness (QED) is 0.336. The molecule has 0 bridgehead atoms. The SMILES string of the molecule is CCOc1ccc(CCCNC(=O)CN(c2ccc(OCC)cc2)S(=O)(=O)c2ccc(C)cc2)cc1. The summed E-state index contributed by atoms with van der Waals surface area (Å²) >= 11 is 0. The molecule has 0 fully saturated rings. The largest absolute Gasteiger partial charge is 0.494 e. The number of carbonyl (C=O) groups excluding carboxylic acids is 1. The summed E-state index contributed by atoms with van der Waals surface area (Å²) < 4.78 is 39.0. The molecule has 0 atom stereocenters. The van der Waals surface area contributed by atoms with Gasteiger partial charge in [-0.25, -0.2) is 8.42 Å². The third kappa shape index (κ3) is 7.49. The van der Waals surface area contributed by atoms with Gasteiger partial charge in [0, 0.05) is 6.54 Å². The Morgan fingerprint density at radius 1 is 0.833 bits per heavy atom. The molecule has 0 spiro atoms. The van der Waals surface area contributed by atoms with Gasteiger partial charge in [-0.15, -0.1) is 0 Å². The maximum absolute atomic E-state index is 13.5. The Bertz CT molecular complexity index is 1210. The van der Waals surface area contributed by atoms with E-state index in [4.69, 9.17) is 9.47 Å². The average Bonchev–Trinajstić information content (AvgIpc) is 2.87. The van der Waals surface area contributed by atoms with Crippen molar-refractivity contribution >= 4 is 21.6 Å². The van der Waals surface area contributed by atoms with Crippen LogP contribution in [0, 0.1) is 6.92 Å². The maximum atomic E-state index is 13.5. The Labute approximate surface area is 214 Å². The molecular formula is C28H34N2O5S. The molecule has 192 valence electrons. The molecule has 0 aromatic heterocycles. The summed E-state index contributed by atoms with van der Waals surface area (Å²) in [6.07, 6.45) is 1.52. The molecule has 3 rings (SSSR count). The molecule has 0 unspecified atom stereocenters. The molecule has 3 aromatic carbocycles. The number of aryl methyl sites for hydroxylation is 2. The Hall–Kier alpha value is -3.52. The van der Waals surface area contributed by atoms with Gasteiger partial charge in [0.05, 0.1) is 23.8 Å². The second kappa shape index (κ2) is 13.0. The van der Waals surface area contributed by atoms with E-state index in [0.29, 0.717) is 31.2 Å². The summed E-state index contributed by atoms with van der Waals surface area (Å²) in [6, 6.07) is 21.2. The molecule has 1 N–H and O–H groups in total. The van der Waals surface area contributed by atoms with Gasteiger partial charge < -0.3 is 14.8 Å². The minimum atomic E-state index is -3.95. The molecule has 0 aliphatic carbocycles. The van der Waals surface area contributed by atoms with E-state index in [0.717, 1.165) is 34.0 Å². The number of sulfonamides is 1. The zero-order valence-electron chi connectivity index (χ0n) is 21.1. The molecular weight excluding hydrogens is 476 g/mol. The van der Waals surface area contributed by atoms with Crippen molar-refractivity contribution in [3.63, 3.8) is 0 Å². The average molecular weight is 511 g/mol. The number of anilines is 1. The van der Waals surface area contributed by atoms with E-state index in [-0.39, 0.29) is 17.3 Å². The molecule has 7 nitrogen and oxygen atoms in total. The monoisotopic (exact) mass is 510 g/mol. The van der Waals surface area contributed by atoms with Gasteiger partial charge in [0.2, 0.25) is 5.91 Å². The van der Waals surface area contributed by atoms with Crippen molar-refractivity contribution < 1.29 is 22.7 Å². The van der Waals surface area contributed by atoms with Crippen molar-refractivity contribution in [3.05, 3.63) is 83.9 Å². The lowest BCUT2D eigenvalue weighted by atomic mass is 10.1. The molecule has 0 heterocycles. The predicted molar refractivity (Wildman–Crippen MR) is 142 cm³/mol. The van der Waals surface area contributed by atoms with Crippen molar-refractivity contribution in [1.82, 2.24) is 5.32 Å². The Morgan fingerprint density at radius 3 is 1.94 bits per heavy atom. The first-order valence-electron chi connectivity index (χ1n) is 12.1. The fraction of sp³-hybridized carbons (Fsp3) is 0.321. The van der Waals surface area contributed by atoms with Crippen molar-refractivity contribution in [1.29, 1.82) is 0 Å². The van der Waals surface area contributed by atoms with Gasteiger partial charge in [-0.05, 0) is 87.7 Å². The van der Waals surface area contributed by atoms with E-state index in [2.05, 4.69) is 5.32 Å². The van der Waals surface area contributed by atoms with Gasteiger partial charge in [-0.2, -0.15) is 0 Å². The van der Waals surface area contributed by atoms with Gasteiger partial charge in [-0.1, -0.05) is 29.8 Å². The minimum absolute atomic E-state index is 0.130. The third-order valence-electron chi connectivity index (χ3n) is 5.53. The normalized spacial score (nSPS) is 11.1. The summed E-state index contributed by atoms with van der Waals surface area (Å²) in [5.41, 5.74) is 2.49. The Balaban J connectivity index is 1.67. The summed E-state index contributed by atoms with van der Waals surface area (Å²) in [4.78, 5) is 12.9. The predicted octanol–water partition coefficient (Wildman–Crippen LogP) is 4.74. The fourth-order valence-electron chi connectivity index (χ4n) is 3.65. The van der Waals surface area contributed by atoms with E-state index < -0.39 is 10.0 Å². The highest BCUT2D eigenvalue weighted by Gasteiger charge is 2.27. The third-order valence-corrected chi connectivity index (χ3v) is 7.32. The number of amides is 1. The smallest absolute Gasteiger partial charge is 0.264 e. The molecule has 0 radical (unpaired) electrons. The topological polar surface area (TPSA) is 84.9 Å². The molecule has 0 saturated carbocycles. The van der Waals surface area contributed by atoms with Crippen LogP contribution in [-0.2, 0) is 21.2 Å². The summed E-state index contributed by atoms with van der Waals surface area (Å²) in [7, 11) is -3.95. The van der Waals surface area contributed by atoms with Crippen molar-refractivity contribution in [2.24, 2.45) is 0 Å². The lowest BCUT2D eigenvalue weighted by molar-refractivity contribution is -0.119. The van der Waals surface area contributed by atoms with Crippen molar-refractivity contribution in [2.75, 3.05) is 30.6 Å². The minimum Gasteiger partial charge on any atom is -0.494 e. The van der Waals surface area contributed by atoms with Crippen LogP contribution in [0.3, 0.4) is 0 Å². The second-order valence-corrected chi connectivity index (χ2v) is 10.1. The molecule has 3 aromatic rings. The summed E-state index contributed by atoms with van der Waals surface area (Å²) in [5, 5.41) is 2.85. The number of benzene rings is 3. The summed E-state index contributed by atoms with van der Waals surface area (Å²) in [6.45, 7) is 6.95. The van der Waals surface area contributed by atoms with Gasteiger partial charge >= 0.3 is 0 Å². The van der Waals surface area contributed by atoms with E-state index in [1.54, 1.807) is 48.5 Å². The van der Waals surface area contributed by atoms with Gasteiger partial charge in [0.25, 0.3) is 10.0 Å². The Kier molecular flexibility index (Phi) is 9.76. The van der Waals surface area contributed by atoms with Crippen LogP contribution < -0.4 is 19.1 Å². The number of carbonyl (C=O) groups is 1. The zero-order valence-corrected chi connectivity index (χ0v) is 21.9. The zero-order chi connectivity index (χ0) is 26.0. The number of nitrogens with one attached hydrogen (secondary N) is 1. The van der Waals surface area contributed by atoms with Crippen LogP contribution >= 0.6 is 0 Å². The van der Waals surface area contributed by atoms with E-state index in [1.807, 2.05) is 45.0 Å². The molecule has 8 heteroatoms. The van der Waals surface area contributed by atoms with Gasteiger partial charge in [0.15, 0.2) is 0 Å². The van der Waals surface area contributed by atoms with Crippen molar-refractivity contribution in [2.45, 2.75) is 38.5 Å². The van der Waals surface area contributed by atoms with Crippen LogP contribution in [0.1, 0.15) is 31.4 Å². The number of hydrogen-bond donors (Lipinski definition) is 1. The molecule has 0 saturated heterocycles. The summed E-state index contributed by atoms with van der Waals surface area (Å²) in [5.74, 6) is 1.10. The molecule has 0 aliphatic rings. The molecule has 0 aliphatic heterocycles. The Morgan fingerprint density at radius 2 is 1.39 bits per heavy atom. The number of rotatable bonds is 13. The first-order chi connectivity index (χ1) is 17.3. The highest BCUT2D eigenvalue weighted by atomic mass is 32.2. The number of hydrogen-bond acceptors (Lipinski definition) is 5. The van der Waals surface area contributed by atoms with E-state index in [9.17, 15) is 13.2 Å². The maximum Gasteiger partial charge on any atom is 0.264 e. The van der Waals surface area contributed by atoms with E-state index in [1.165, 1.54) is 0 Å². The first-order valence-corrected chi connectivity index (χ1v) is 13.6. The number of nitrogens with zero attached hydrogens (tertiary/aromatic N) is 1. The molecule has 36 heavy (non-hydrogen) atoms. The lowest BCUT2D eigenvalue weighted by Gasteiger charge is -2.24. The standard InChI is InChI=1S/C28H34N2O5S/c1-4-34-25-14-10-23(11-15-25)7-6-20-29-28(31)21-30(24-12-16-26(17-13-24)35-5-2)36(32,33)27-18-8-22(3)9-19-27/h8-19H,4-7,20-21H2,1-3H3,(H,29,31). The van der Waals surface area contributed by atoms with Gasteiger partial charge in [0.1, 0.15) is 18.0 Å². The molecule has 1 amide bonds. The van der Waals surface area contributed by atoms with Crippen LogP contribution in [0.4, 0.5) is 5.69 Å². The van der Waals surface area contributed by atoms with Crippen LogP contribution in [0.15, 0.2) is 77.7 Å². The van der Waals surface area contributed by atoms with Crippen LogP contribution in [-0.4, -0.2) is 40.6 Å². The highest BCUT2D eigenvalue weighted by Crippen LogP contribution is 2.26. The van der Waals surface area contributed by atoms with Crippen LogP contribution in [0.2, 0.25) is 0 Å². The van der Waals surface area contributed by atoms with Crippen molar-refractivity contribution in [3.8, 4) is 11.5 Å². The van der Waals surface area contributed by atoms with Crippen LogP contribution in [0.25, 0.3) is 0 Å². The van der Waals surface area contributed by atoms with E-state index >= 15 is 0 Å². The second-order valence-electron chi connectivity index (χ2n) is 8.28. The fourth-order valence-corrected chi connectivity index (χ4v) is 5.07. The van der Waals surface area contributed by atoms with Gasteiger partial charge in [-0.3, -0.25) is 9.10 Å².